The number of hydrogen-bond donors (Lipinski definition) is 3. The second-order valence-corrected chi connectivity index (χ2v) is 12.2. The number of aliphatic hydroxyl groups is 1. The summed E-state index contributed by atoms with van der Waals surface area (Å²) in [5.74, 6) is -1.82. The number of benzene rings is 4. The van der Waals surface area contributed by atoms with E-state index in [1.54, 1.807) is 29.2 Å². The number of carbonyl (C=O) groups excluding carboxylic acids is 2. The van der Waals surface area contributed by atoms with Gasteiger partial charge in [-0.3, -0.25) is 14.5 Å². The highest BCUT2D eigenvalue weighted by Crippen LogP contribution is 2.44. The molecule has 6 rings (SSSR count). The van der Waals surface area contributed by atoms with Gasteiger partial charge in [0.15, 0.2) is 0 Å². The van der Waals surface area contributed by atoms with Gasteiger partial charge < -0.3 is 15.7 Å². The minimum absolute atomic E-state index is 0.0628. The van der Waals surface area contributed by atoms with Gasteiger partial charge in [-0.25, -0.2) is 0 Å². The maximum Gasteiger partial charge on any atom is 0.416 e. The van der Waals surface area contributed by atoms with Crippen LogP contribution in [0.1, 0.15) is 64.3 Å². The molecule has 4 aromatic carbocycles. The van der Waals surface area contributed by atoms with Crippen molar-refractivity contribution >= 4 is 40.5 Å². The van der Waals surface area contributed by atoms with Crippen molar-refractivity contribution in [2.45, 2.75) is 57.0 Å². The normalized spacial score (nSPS) is 18.2. The van der Waals surface area contributed by atoms with E-state index in [2.05, 4.69) is 10.6 Å². The second kappa shape index (κ2) is 13.2. The molecule has 2 aliphatic rings. The summed E-state index contributed by atoms with van der Waals surface area (Å²) in [6, 6.07) is 24.5. The van der Waals surface area contributed by atoms with Crippen molar-refractivity contribution < 1.29 is 27.9 Å². The fourth-order valence-electron chi connectivity index (χ4n) is 6.59. The van der Waals surface area contributed by atoms with Crippen molar-refractivity contribution in [2.75, 3.05) is 15.5 Å². The molecule has 0 saturated heterocycles. The Hall–Kier alpha value is -4.34. The third kappa shape index (κ3) is 6.48. The number of fused-ring (bicyclic) bond motifs is 1. The highest BCUT2D eigenvalue weighted by molar-refractivity contribution is 6.34. The van der Waals surface area contributed by atoms with E-state index in [1.807, 2.05) is 48.5 Å². The molecule has 1 saturated carbocycles. The summed E-state index contributed by atoms with van der Waals surface area (Å²) in [4.78, 5) is 30.1. The molecule has 1 fully saturated rings. The zero-order valence-corrected chi connectivity index (χ0v) is 25.6. The van der Waals surface area contributed by atoms with Crippen molar-refractivity contribution in [3.05, 3.63) is 124 Å². The summed E-state index contributed by atoms with van der Waals surface area (Å²) in [6.07, 6.45) is 0.0673. The predicted molar refractivity (Wildman–Crippen MR) is 173 cm³/mol. The average Bonchev–Trinajstić information content (AvgIpc) is 3.57. The van der Waals surface area contributed by atoms with Crippen LogP contribution in [-0.4, -0.2) is 23.0 Å². The fourth-order valence-corrected chi connectivity index (χ4v) is 6.80. The smallest absolute Gasteiger partial charge is 0.392 e. The van der Waals surface area contributed by atoms with Gasteiger partial charge in [-0.15, -0.1) is 0 Å². The second-order valence-electron chi connectivity index (χ2n) is 11.8. The first kappa shape index (κ1) is 31.6. The van der Waals surface area contributed by atoms with Crippen LogP contribution in [-0.2, 0) is 24.0 Å². The average molecular weight is 648 g/mol. The largest absolute Gasteiger partial charge is 0.416 e. The summed E-state index contributed by atoms with van der Waals surface area (Å²) in [5, 5.41) is 16.0. The third-order valence-electron chi connectivity index (χ3n) is 8.84. The standard InChI is InChI=1S/C36H33ClF3N3O3/c37-31-11-5-4-10-28(31)35(46)43-32-12-6-1-7-23(32)19-29(33(43)22-13-16-26(17-14-22)41-25-8-2-3-9-25)34(45)42-27-18-15-24(21-44)30(20-27)36(38,39)40/h1,4-7,10-18,20,25,29,33,41,44H,2-3,8-9,19,21H2,(H,42,45)/t29-,33-/m1/s1. The molecule has 0 aromatic heterocycles. The summed E-state index contributed by atoms with van der Waals surface area (Å²) >= 11 is 6.50. The number of hydrogen-bond acceptors (Lipinski definition) is 4. The molecule has 2 atom stereocenters. The van der Waals surface area contributed by atoms with Crippen LogP contribution in [0.4, 0.5) is 30.2 Å². The lowest BCUT2D eigenvalue weighted by molar-refractivity contribution is -0.138. The summed E-state index contributed by atoms with van der Waals surface area (Å²) < 4.78 is 41.3. The molecule has 0 spiro atoms. The molecule has 238 valence electrons. The first-order valence-corrected chi connectivity index (χ1v) is 15.7. The van der Waals surface area contributed by atoms with E-state index in [-0.39, 0.29) is 28.3 Å². The van der Waals surface area contributed by atoms with Gasteiger partial charge in [-0.2, -0.15) is 13.2 Å². The van der Waals surface area contributed by atoms with Crippen LogP contribution < -0.4 is 15.5 Å². The lowest BCUT2D eigenvalue weighted by Gasteiger charge is -2.42. The topological polar surface area (TPSA) is 81.7 Å². The van der Waals surface area contributed by atoms with Crippen LogP contribution in [0, 0.1) is 5.92 Å². The van der Waals surface area contributed by atoms with Gasteiger partial charge >= 0.3 is 6.18 Å². The van der Waals surface area contributed by atoms with Crippen molar-refractivity contribution in [3.8, 4) is 0 Å². The Morgan fingerprint density at radius 1 is 0.891 bits per heavy atom. The van der Waals surface area contributed by atoms with Crippen LogP contribution >= 0.6 is 11.6 Å². The number of carbonyl (C=O) groups is 2. The molecule has 10 heteroatoms. The SMILES string of the molecule is O=C(Nc1ccc(CO)c(C(F)(F)F)c1)[C@@H]1Cc2ccccc2N(C(=O)c2ccccc2Cl)[C@@H]1c1ccc(NC2CCCC2)cc1. The summed E-state index contributed by atoms with van der Waals surface area (Å²) in [6.45, 7) is -0.796. The Kier molecular flexibility index (Phi) is 9.06. The molecular formula is C36H33ClF3N3O3. The maximum absolute atomic E-state index is 14.4. The molecule has 0 radical (unpaired) electrons. The molecule has 1 aliphatic heterocycles. The number of para-hydroxylation sites is 1. The predicted octanol–water partition coefficient (Wildman–Crippen LogP) is 8.40. The van der Waals surface area contributed by atoms with Crippen LogP contribution in [0.2, 0.25) is 5.02 Å². The minimum Gasteiger partial charge on any atom is -0.392 e. The first-order valence-electron chi connectivity index (χ1n) is 15.3. The van der Waals surface area contributed by atoms with Crippen molar-refractivity contribution in [2.24, 2.45) is 5.92 Å². The zero-order valence-electron chi connectivity index (χ0n) is 24.9. The van der Waals surface area contributed by atoms with E-state index >= 15 is 0 Å². The number of aliphatic hydroxyl groups excluding tert-OH is 1. The highest BCUT2D eigenvalue weighted by Gasteiger charge is 2.43. The van der Waals surface area contributed by atoms with E-state index in [4.69, 9.17) is 11.6 Å². The number of amides is 2. The lowest BCUT2D eigenvalue weighted by atomic mass is 9.80. The van der Waals surface area contributed by atoms with E-state index < -0.39 is 42.1 Å². The van der Waals surface area contributed by atoms with Gasteiger partial charge in [0.1, 0.15) is 0 Å². The Labute approximate surface area is 270 Å². The van der Waals surface area contributed by atoms with Crippen LogP contribution in [0.3, 0.4) is 0 Å². The van der Waals surface area contributed by atoms with Gasteiger partial charge in [-0.1, -0.05) is 73.0 Å². The monoisotopic (exact) mass is 647 g/mol. The van der Waals surface area contributed by atoms with Crippen molar-refractivity contribution in [1.29, 1.82) is 0 Å². The number of anilines is 3. The Morgan fingerprint density at radius 3 is 2.26 bits per heavy atom. The molecular weight excluding hydrogens is 615 g/mol. The number of nitrogens with one attached hydrogen (secondary N) is 2. The lowest BCUT2D eigenvalue weighted by Crippen LogP contribution is -2.47. The number of nitrogens with zero attached hydrogens (tertiary/aromatic N) is 1. The van der Waals surface area contributed by atoms with Gasteiger partial charge in [0.05, 0.1) is 34.7 Å². The summed E-state index contributed by atoms with van der Waals surface area (Å²) in [7, 11) is 0. The van der Waals surface area contributed by atoms with Gasteiger partial charge in [0.25, 0.3) is 5.91 Å². The van der Waals surface area contributed by atoms with Crippen molar-refractivity contribution in [3.63, 3.8) is 0 Å². The Morgan fingerprint density at radius 2 is 1.57 bits per heavy atom. The van der Waals surface area contributed by atoms with Gasteiger partial charge in [-0.05, 0) is 78.4 Å². The molecule has 3 N–H and O–H groups in total. The van der Waals surface area contributed by atoms with Crippen LogP contribution in [0.25, 0.3) is 0 Å². The zero-order chi connectivity index (χ0) is 32.4. The fraction of sp³-hybridized carbons (Fsp3) is 0.278. The molecule has 46 heavy (non-hydrogen) atoms. The molecule has 0 bridgehead atoms. The quantitative estimate of drug-likeness (QED) is 0.188. The van der Waals surface area contributed by atoms with E-state index in [0.29, 0.717) is 17.3 Å². The van der Waals surface area contributed by atoms with Gasteiger partial charge in [0.2, 0.25) is 5.91 Å². The minimum atomic E-state index is -4.72. The molecule has 1 heterocycles. The Bertz CT molecular complexity index is 1740. The molecule has 2 amide bonds. The highest BCUT2D eigenvalue weighted by atomic mass is 35.5. The first-order chi connectivity index (χ1) is 22.1. The van der Waals surface area contributed by atoms with E-state index in [0.717, 1.165) is 36.2 Å². The van der Waals surface area contributed by atoms with Gasteiger partial charge in [0, 0.05) is 23.1 Å². The molecule has 6 nitrogen and oxygen atoms in total. The maximum atomic E-state index is 14.4. The summed E-state index contributed by atoms with van der Waals surface area (Å²) in [5.41, 5.74) is 1.87. The molecule has 1 aliphatic carbocycles. The number of halogens is 4. The molecule has 0 unspecified atom stereocenters. The van der Waals surface area contributed by atoms with Crippen LogP contribution in [0.5, 0.6) is 0 Å². The van der Waals surface area contributed by atoms with Crippen molar-refractivity contribution in [1.82, 2.24) is 0 Å². The Balaban J connectivity index is 1.42. The van der Waals surface area contributed by atoms with E-state index in [9.17, 15) is 27.9 Å². The number of alkyl halides is 3. The number of rotatable bonds is 7. The van der Waals surface area contributed by atoms with E-state index in [1.165, 1.54) is 18.9 Å². The molecule has 4 aromatic rings. The van der Waals surface area contributed by atoms with Crippen LogP contribution in [0.15, 0.2) is 91.0 Å². The third-order valence-corrected chi connectivity index (χ3v) is 9.17.